The standard InChI is InChI=1S/C15H11NO4/c17-13-11(10-5-2-1-3-6-10)9-16(15(13)19)14(18)12-7-4-8-20-12/h1-8,11H,9H2/t11-/m0/s1. The molecule has 0 saturated carbocycles. The van der Waals surface area contributed by atoms with Crippen LogP contribution < -0.4 is 0 Å². The Labute approximate surface area is 114 Å². The maximum atomic E-state index is 12.1. The second-order valence-corrected chi connectivity index (χ2v) is 4.53. The van der Waals surface area contributed by atoms with Gasteiger partial charge in [0.05, 0.1) is 12.2 Å². The first-order valence-electron chi connectivity index (χ1n) is 6.17. The van der Waals surface area contributed by atoms with E-state index >= 15 is 0 Å². The van der Waals surface area contributed by atoms with Crippen LogP contribution in [0.25, 0.3) is 0 Å². The second kappa shape index (κ2) is 4.77. The zero-order valence-electron chi connectivity index (χ0n) is 10.5. The van der Waals surface area contributed by atoms with E-state index in [1.54, 1.807) is 30.3 Å². The minimum absolute atomic E-state index is 0.0554. The highest BCUT2D eigenvalue weighted by Crippen LogP contribution is 2.26. The molecule has 1 atom stereocenters. The first-order chi connectivity index (χ1) is 9.68. The summed E-state index contributed by atoms with van der Waals surface area (Å²) in [6.07, 6.45) is 1.35. The number of hydrogen-bond donors (Lipinski definition) is 0. The summed E-state index contributed by atoms with van der Waals surface area (Å²) in [6.45, 7) is 0.0568. The number of likely N-dealkylation sites (tertiary alicyclic amines) is 1. The molecule has 1 aromatic carbocycles. The molecule has 100 valence electrons. The molecule has 0 bridgehead atoms. The normalized spacial score (nSPS) is 18.6. The lowest BCUT2D eigenvalue weighted by Crippen LogP contribution is -2.33. The predicted octanol–water partition coefficient (Wildman–Crippen LogP) is 1.61. The first kappa shape index (κ1) is 12.3. The molecule has 2 amide bonds. The largest absolute Gasteiger partial charge is 0.459 e. The van der Waals surface area contributed by atoms with Crippen LogP contribution in [0.5, 0.6) is 0 Å². The number of carbonyl (C=O) groups is 3. The van der Waals surface area contributed by atoms with Crippen molar-refractivity contribution in [2.75, 3.05) is 6.54 Å². The van der Waals surface area contributed by atoms with Gasteiger partial charge < -0.3 is 4.42 Å². The lowest BCUT2D eigenvalue weighted by atomic mass is 9.97. The van der Waals surface area contributed by atoms with Gasteiger partial charge in [0.2, 0.25) is 5.78 Å². The van der Waals surface area contributed by atoms with E-state index in [9.17, 15) is 14.4 Å². The van der Waals surface area contributed by atoms with Gasteiger partial charge in [-0.15, -0.1) is 0 Å². The van der Waals surface area contributed by atoms with Crippen LogP contribution in [-0.4, -0.2) is 29.0 Å². The molecule has 0 N–H and O–H groups in total. The summed E-state index contributed by atoms with van der Waals surface area (Å²) >= 11 is 0. The molecule has 1 fully saturated rings. The van der Waals surface area contributed by atoms with Crippen LogP contribution in [0.15, 0.2) is 53.1 Å². The van der Waals surface area contributed by atoms with Crippen LogP contribution in [-0.2, 0) is 9.59 Å². The zero-order chi connectivity index (χ0) is 14.1. The maximum absolute atomic E-state index is 12.1. The number of hydrogen-bond acceptors (Lipinski definition) is 4. The fourth-order valence-electron chi connectivity index (χ4n) is 2.28. The number of furan rings is 1. The van der Waals surface area contributed by atoms with Crippen LogP contribution >= 0.6 is 0 Å². The van der Waals surface area contributed by atoms with Crippen molar-refractivity contribution in [3.05, 3.63) is 60.1 Å². The molecule has 2 heterocycles. The van der Waals surface area contributed by atoms with Crippen molar-refractivity contribution < 1.29 is 18.8 Å². The van der Waals surface area contributed by atoms with Crippen LogP contribution in [0.1, 0.15) is 22.0 Å². The van der Waals surface area contributed by atoms with Gasteiger partial charge in [-0.3, -0.25) is 19.3 Å². The summed E-state index contributed by atoms with van der Waals surface area (Å²) in [5, 5.41) is 0. The van der Waals surface area contributed by atoms with Crippen molar-refractivity contribution in [3.63, 3.8) is 0 Å². The third-order valence-corrected chi connectivity index (χ3v) is 3.32. The molecule has 0 spiro atoms. The van der Waals surface area contributed by atoms with Crippen molar-refractivity contribution in [1.82, 2.24) is 4.90 Å². The second-order valence-electron chi connectivity index (χ2n) is 4.53. The number of rotatable bonds is 2. The summed E-state index contributed by atoms with van der Waals surface area (Å²) < 4.78 is 4.98. The SMILES string of the molecule is O=C1C(=O)N(C(=O)c2ccco2)C[C@H]1c1ccccc1. The quantitative estimate of drug-likeness (QED) is 0.613. The van der Waals surface area contributed by atoms with Crippen LogP contribution in [0.4, 0.5) is 0 Å². The Kier molecular flexibility index (Phi) is 2.95. The molecule has 5 heteroatoms. The Bertz CT molecular complexity index is 660. The molecular weight excluding hydrogens is 258 g/mol. The van der Waals surface area contributed by atoms with Gasteiger partial charge in [0.15, 0.2) is 5.76 Å². The highest BCUT2D eigenvalue weighted by molar-refractivity contribution is 6.43. The lowest BCUT2D eigenvalue weighted by molar-refractivity contribution is -0.139. The molecule has 0 radical (unpaired) electrons. The molecule has 5 nitrogen and oxygen atoms in total. The molecule has 1 saturated heterocycles. The van der Waals surface area contributed by atoms with Crippen LogP contribution in [0.2, 0.25) is 0 Å². The first-order valence-corrected chi connectivity index (χ1v) is 6.17. The summed E-state index contributed by atoms with van der Waals surface area (Å²) in [5.74, 6) is -2.45. The summed E-state index contributed by atoms with van der Waals surface area (Å²) in [6, 6.07) is 12.0. The molecule has 0 unspecified atom stereocenters. The predicted molar refractivity (Wildman–Crippen MR) is 68.9 cm³/mol. The van der Waals surface area contributed by atoms with Crippen LogP contribution in [0.3, 0.4) is 0 Å². The molecule has 2 aromatic rings. The van der Waals surface area contributed by atoms with E-state index < -0.39 is 23.5 Å². The number of benzene rings is 1. The van der Waals surface area contributed by atoms with Crippen LogP contribution in [0, 0.1) is 0 Å². The molecule has 1 aliphatic heterocycles. The van der Waals surface area contributed by atoms with Gasteiger partial charge in [-0.2, -0.15) is 0 Å². The van der Waals surface area contributed by atoms with Gasteiger partial charge in [-0.1, -0.05) is 30.3 Å². The van der Waals surface area contributed by atoms with Crippen molar-refractivity contribution in [2.45, 2.75) is 5.92 Å². The Morgan fingerprint density at radius 3 is 2.50 bits per heavy atom. The summed E-state index contributed by atoms with van der Waals surface area (Å²) in [4.78, 5) is 37.0. The van der Waals surface area contributed by atoms with E-state index in [1.165, 1.54) is 12.3 Å². The molecule has 3 rings (SSSR count). The number of ketones is 1. The van der Waals surface area contributed by atoms with Crippen molar-refractivity contribution >= 4 is 17.6 Å². The Morgan fingerprint density at radius 2 is 1.85 bits per heavy atom. The Hall–Kier alpha value is -2.69. The summed E-state index contributed by atoms with van der Waals surface area (Å²) in [5.41, 5.74) is 0.737. The van der Waals surface area contributed by atoms with Crippen molar-refractivity contribution in [3.8, 4) is 0 Å². The van der Waals surface area contributed by atoms with Gasteiger partial charge >= 0.3 is 0 Å². The minimum Gasteiger partial charge on any atom is -0.459 e. The number of nitrogens with zero attached hydrogens (tertiary/aromatic N) is 1. The smallest absolute Gasteiger partial charge is 0.297 e. The Balaban J connectivity index is 1.88. The zero-order valence-corrected chi connectivity index (χ0v) is 10.5. The van der Waals surface area contributed by atoms with Gasteiger partial charge in [0.25, 0.3) is 11.8 Å². The third-order valence-electron chi connectivity index (χ3n) is 3.32. The van der Waals surface area contributed by atoms with Gasteiger partial charge in [0, 0.05) is 6.54 Å². The number of carbonyl (C=O) groups excluding carboxylic acids is 3. The summed E-state index contributed by atoms with van der Waals surface area (Å²) in [7, 11) is 0. The van der Waals surface area contributed by atoms with E-state index in [-0.39, 0.29) is 12.3 Å². The highest BCUT2D eigenvalue weighted by atomic mass is 16.3. The average Bonchev–Trinajstić information content (AvgIpc) is 3.10. The topological polar surface area (TPSA) is 67.6 Å². The van der Waals surface area contributed by atoms with Gasteiger partial charge in [-0.05, 0) is 17.7 Å². The van der Waals surface area contributed by atoms with Gasteiger partial charge in [0.1, 0.15) is 0 Å². The Morgan fingerprint density at radius 1 is 1.10 bits per heavy atom. The van der Waals surface area contributed by atoms with E-state index in [0.717, 1.165) is 10.5 Å². The average molecular weight is 269 g/mol. The molecule has 0 aliphatic carbocycles. The molecule has 1 aliphatic rings. The maximum Gasteiger partial charge on any atom is 0.297 e. The number of Topliss-reactive ketones (excluding diaryl/α,β-unsaturated/α-hetero) is 1. The number of imide groups is 1. The monoisotopic (exact) mass is 269 g/mol. The lowest BCUT2D eigenvalue weighted by Gasteiger charge is -2.11. The third kappa shape index (κ3) is 1.93. The fraction of sp³-hybridized carbons (Fsp3) is 0.133. The van der Waals surface area contributed by atoms with E-state index in [0.29, 0.717) is 0 Å². The minimum atomic E-state index is -0.778. The van der Waals surface area contributed by atoms with E-state index in [2.05, 4.69) is 0 Å². The van der Waals surface area contributed by atoms with E-state index in [4.69, 9.17) is 4.42 Å². The molecule has 20 heavy (non-hydrogen) atoms. The van der Waals surface area contributed by atoms with Gasteiger partial charge in [-0.25, -0.2) is 0 Å². The molecule has 1 aromatic heterocycles. The van der Waals surface area contributed by atoms with Crippen molar-refractivity contribution in [1.29, 1.82) is 0 Å². The number of amides is 2. The van der Waals surface area contributed by atoms with Crippen molar-refractivity contribution in [2.24, 2.45) is 0 Å². The molecular formula is C15H11NO4. The fourth-order valence-corrected chi connectivity index (χ4v) is 2.28. The van der Waals surface area contributed by atoms with E-state index in [1.807, 2.05) is 6.07 Å². The highest BCUT2D eigenvalue weighted by Gasteiger charge is 2.43.